The summed E-state index contributed by atoms with van der Waals surface area (Å²) in [5.41, 5.74) is 3.39. The van der Waals surface area contributed by atoms with E-state index in [-0.39, 0.29) is 0 Å². The van der Waals surface area contributed by atoms with E-state index in [0.717, 1.165) is 16.7 Å². The highest BCUT2D eigenvalue weighted by atomic mass is 16.5. The van der Waals surface area contributed by atoms with Gasteiger partial charge in [0.2, 0.25) is 0 Å². The lowest BCUT2D eigenvalue weighted by molar-refractivity contribution is -0.145. The Bertz CT molecular complexity index is 888. The SMILES string of the molecule is Cc1ccccc1CCC(Oc1ccc(OCc2ccccc2)cc1)C(=O)O. The zero-order valence-electron chi connectivity index (χ0n) is 15.9. The summed E-state index contributed by atoms with van der Waals surface area (Å²) < 4.78 is 11.4. The molecule has 0 saturated carbocycles. The number of carbonyl (C=O) groups is 1. The zero-order valence-corrected chi connectivity index (χ0v) is 15.9. The largest absolute Gasteiger partial charge is 0.489 e. The van der Waals surface area contributed by atoms with Crippen LogP contribution in [0, 0.1) is 6.92 Å². The number of rotatable bonds is 9. The average Bonchev–Trinajstić information content (AvgIpc) is 2.72. The van der Waals surface area contributed by atoms with Crippen molar-refractivity contribution < 1.29 is 19.4 Å². The van der Waals surface area contributed by atoms with Crippen molar-refractivity contribution in [2.45, 2.75) is 32.5 Å². The van der Waals surface area contributed by atoms with E-state index in [4.69, 9.17) is 9.47 Å². The summed E-state index contributed by atoms with van der Waals surface area (Å²) in [7, 11) is 0. The maximum atomic E-state index is 11.6. The highest BCUT2D eigenvalue weighted by molar-refractivity contribution is 5.72. The van der Waals surface area contributed by atoms with Gasteiger partial charge in [-0.2, -0.15) is 0 Å². The molecule has 3 aromatic carbocycles. The van der Waals surface area contributed by atoms with Crippen LogP contribution in [-0.4, -0.2) is 17.2 Å². The number of aryl methyl sites for hydroxylation is 2. The molecule has 144 valence electrons. The molecule has 0 aliphatic carbocycles. The zero-order chi connectivity index (χ0) is 19.8. The predicted octanol–water partition coefficient (Wildman–Crippen LogP) is 5.04. The molecule has 0 heterocycles. The lowest BCUT2D eigenvalue weighted by atomic mass is 10.0. The van der Waals surface area contributed by atoms with Gasteiger partial charge in [0.15, 0.2) is 6.10 Å². The Kier molecular flexibility index (Phi) is 6.68. The Morgan fingerprint density at radius 2 is 1.54 bits per heavy atom. The summed E-state index contributed by atoms with van der Waals surface area (Å²) in [6.07, 6.45) is 0.171. The summed E-state index contributed by atoms with van der Waals surface area (Å²) in [4.78, 5) is 11.6. The molecule has 28 heavy (non-hydrogen) atoms. The fourth-order valence-electron chi connectivity index (χ4n) is 2.93. The van der Waals surface area contributed by atoms with Crippen LogP contribution < -0.4 is 9.47 Å². The van der Waals surface area contributed by atoms with Gasteiger partial charge in [-0.1, -0.05) is 54.6 Å². The minimum Gasteiger partial charge on any atom is -0.489 e. The summed E-state index contributed by atoms with van der Waals surface area (Å²) >= 11 is 0. The van der Waals surface area contributed by atoms with Crippen LogP contribution in [0.25, 0.3) is 0 Å². The van der Waals surface area contributed by atoms with Gasteiger partial charge in [-0.25, -0.2) is 4.79 Å². The first kappa shape index (κ1) is 19.5. The number of benzene rings is 3. The number of carboxylic acids is 1. The number of hydrogen-bond donors (Lipinski definition) is 1. The minimum absolute atomic E-state index is 0.409. The molecule has 4 nitrogen and oxygen atoms in total. The van der Waals surface area contributed by atoms with Gasteiger partial charge in [0, 0.05) is 0 Å². The molecule has 0 saturated heterocycles. The fourth-order valence-corrected chi connectivity index (χ4v) is 2.93. The van der Waals surface area contributed by atoms with E-state index in [1.54, 1.807) is 24.3 Å². The third-order valence-corrected chi connectivity index (χ3v) is 4.56. The van der Waals surface area contributed by atoms with Crippen LogP contribution in [0.5, 0.6) is 11.5 Å². The van der Waals surface area contributed by atoms with Crippen LogP contribution >= 0.6 is 0 Å². The quantitative estimate of drug-likeness (QED) is 0.568. The second-order valence-electron chi connectivity index (χ2n) is 6.66. The Morgan fingerprint density at radius 3 is 2.21 bits per heavy atom. The number of aliphatic carboxylic acids is 1. The number of carboxylic acid groups (broad SMARTS) is 1. The average molecular weight is 376 g/mol. The lowest BCUT2D eigenvalue weighted by Gasteiger charge is -2.16. The molecule has 3 rings (SSSR count). The van der Waals surface area contributed by atoms with Crippen molar-refractivity contribution in [1.29, 1.82) is 0 Å². The lowest BCUT2D eigenvalue weighted by Crippen LogP contribution is -2.27. The van der Waals surface area contributed by atoms with Gasteiger partial charge >= 0.3 is 5.97 Å². The summed E-state index contributed by atoms with van der Waals surface area (Å²) in [6.45, 7) is 2.51. The summed E-state index contributed by atoms with van der Waals surface area (Å²) in [5, 5.41) is 9.50. The number of ether oxygens (including phenoxy) is 2. The molecule has 1 N–H and O–H groups in total. The molecule has 1 atom stereocenters. The monoisotopic (exact) mass is 376 g/mol. The van der Waals surface area contributed by atoms with E-state index >= 15 is 0 Å². The molecule has 0 fully saturated rings. The van der Waals surface area contributed by atoms with E-state index < -0.39 is 12.1 Å². The normalized spacial score (nSPS) is 11.6. The van der Waals surface area contributed by atoms with Crippen molar-refractivity contribution in [2.75, 3.05) is 0 Å². The van der Waals surface area contributed by atoms with Crippen LogP contribution in [-0.2, 0) is 17.8 Å². The van der Waals surface area contributed by atoms with Crippen molar-refractivity contribution in [2.24, 2.45) is 0 Å². The van der Waals surface area contributed by atoms with E-state index in [0.29, 0.717) is 30.9 Å². The molecule has 0 bridgehead atoms. The summed E-state index contributed by atoms with van der Waals surface area (Å²) in [6, 6.07) is 25.0. The molecule has 0 amide bonds. The molecule has 0 aliphatic heterocycles. The topological polar surface area (TPSA) is 55.8 Å². The third-order valence-electron chi connectivity index (χ3n) is 4.56. The highest BCUT2D eigenvalue weighted by Crippen LogP contribution is 2.21. The molecule has 0 spiro atoms. The second-order valence-corrected chi connectivity index (χ2v) is 6.66. The minimum atomic E-state index is -0.960. The van der Waals surface area contributed by atoms with Crippen LogP contribution in [0.4, 0.5) is 0 Å². The first-order valence-electron chi connectivity index (χ1n) is 9.32. The van der Waals surface area contributed by atoms with Crippen LogP contribution in [0.15, 0.2) is 78.9 Å². The smallest absolute Gasteiger partial charge is 0.344 e. The van der Waals surface area contributed by atoms with Gasteiger partial charge in [0.05, 0.1) is 0 Å². The van der Waals surface area contributed by atoms with Gasteiger partial charge in [0.1, 0.15) is 18.1 Å². The molecule has 0 aromatic heterocycles. The first-order valence-corrected chi connectivity index (χ1v) is 9.32. The van der Waals surface area contributed by atoms with Crippen molar-refractivity contribution in [3.05, 3.63) is 95.6 Å². The first-order chi connectivity index (χ1) is 13.6. The molecule has 0 aliphatic rings. The van der Waals surface area contributed by atoms with Crippen LogP contribution in [0.2, 0.25) is 0 Å². The van der Waals surface area contributed by atoms with E-state index in [1.165, 1.54) is 0 Å². The standard InChI is InChI=1S/C24H24O4/c1-18-7-5-6-10-20(18)11-16-23(24(25)26)28-22-14-12-21(13-15-22)27-17-19-8-3-2-4-9-19/h2-10,12-15,23H,11,16-17H2,1H3,(H,25,26). The maximum absolute atomic E-state index is 11.6. The van der Waals surface area contributed by atoms with Gasteiger partial charge in [0.25, 0.3) is 0 Å². The second kappa shape index (κ2) is 9.60. The van der Waals surface area contributed by atoms with Crippen molar-refractivity contribution in [3.8, 4) is 11.5 Å². The molecule has 0 radical (unpaired) electrons. The van der Waals surface area contributed by atoms with Gasteiger partial charge in [-0.05, 0) is 60.7 Å². The Labute approximate surface area is 165 Å². The van der Waals surface area contributed by atoms with Crippen LogP contribution in [0.1, 0.15) is 23.1 Å². The van der Waals surface area contributed by atoms with Crippen molar-refractivity contribution >= 4 is 5.97 Å². The Morgan fingerprint density at radius 1 is 0.893 bits per heavy atom. The van der Waals surface area contributed by atoms with Gasteiger partial charge in [-0.15, -0.1) is 0 Å². The van der Waals surface area contributed by atoms with Crippen molar-refractivity contribution in [3.63, 3.8) is 0 Å². The number of hydrogen-bond acceptors (Lipinski definition) is 3. The molecular formula is C24H24O4. The van der Waals surface area contributed by atoms with Gasteiger partial charge in [-0.3, -0.25) is 0 Å². The molecular weight excluding hydrogens is 352 g/mol. The maximum Gasteiger partial charge on any atom is 0.344 e. The Hall–Kier alpha value is -3.27. The van der Waals surface area contributed by atoms with E-state index in [1.807, 2.05) is 61.5 Å². The highest BCUT2D eigenvalue weighted by Gasteiger charge is 2.19. The fraction of sp³-hybridized carbons (Fsp3) is 0.208. The predicted molar refractivity (Wildman–Crippen MR) is 109 cm³/mol. The molecule has 1 unspecified atom stereocenters. The molecule has 4 heteroatoms. The van der Waals surface area contributed by atoms with Crippen molar-refractivity contribution in [1.82, 2.24) is 0 Å². The van der Waals surface area contributed by atoms with Crippen LogP contribution in [0.3, 0.4) is 0 Å². The van der Waals surface area contributed by atoms with Gasteiger partial charge < -0.3 is 14.6 Å². The summed E-state index contributed by atoms with van der Waals surface area (Å²) in [5.74, 6) is 0.269. The Balaban J connectivity index is 1.56. The van der Waals surface area contributed by atoms with E-state index in [2.05, 4.69) is 0 Å². The van der Waals surface area contributed by atoms with E-state index in [9.17, 15) is 9.90 Å². The third kappa shape index (κ3) is 5.61. The molecule has 3 aromatic rings.